The van der Waals surface area contributed by atoms with Crippen molar-refractivity contribution >= 4 is 0 Å². The molecule has 101 valence electrons. The zero-order valence-corrected chi connectivity index (χ0v) is 10.3. The van der Waals surface area contributed by atoms with Gasteiger partial charge in [-0.1, -0.05) is 13.0 Å². The van der Waals surface area contributed by atoms with E-state index in [1.54, 1.807) is 25.1 Å². The second-order valence-electron chi connectivity index (χ2n) is 4.06. The minimum absolute atomic E-state index is 0.280. The minimum Gasteiger partial charge on any atom is -0.326 e. The molecule has 0 fully saturated rings. The second kappa shape index (κ2) is 5.05. The van der Waals surface area contributed by atoms with Crippen molar-refractivity contribution in [2.24, 2.45) is 5.73 Å². The zero-order chi connectivity index (χ0) is 14.0. The fourth-order valence-corrected chi connectivity index (χ4v) is 1.79. The number of benzene rings is 1. The quantitative estimate of drug-likeness (QED) is 0.930. The molecule has 1 heterocycles. The van der Waals surface area contributed by atoms with Gasteiger partial charge >= 0.3 is 6.18 Å². The van der Waals surface area contributed by atoms with E-state index in [1.807, 2.05) is 0 Å². The van der Waals surface area contributed by atoms with E-state index in [2.05, 4.69) is 11.2 Å². The summed E-state index contributed by atoms with van der Waals surface area (Å²) >= 11 is 0. The van der Waals surface area contributed by atoms with E-state index in [4.69, 9.17) is 5.73 Å². The standard InChI is InChI=1S/C13H13F3N3/c1-2-10-7-12(13(14,15)16)18-19(10)11-5-3-4-9(6-11)8-17/h3,5-7H,2,8,17H2,1H3. The van der Waals surface area contributed by atoms with Crippen molar-refractivity contribution in [3.05, 3.63) is 47.3 Å². The summed E-state index contributed by atoms with van der Waals surface area (Å²) in [6.45, 7) is 2.06. The molecule has 3 nitrogen and oxygen atoms in total. The summed E-state index contributed by atoms with van der Waals surface area (Å²) in [5.41, 5.74) is 6.41. The van der Waals surface area contributed by atoms with Gasteiger partial charge in [-0.05, 0) is 36.2 Å². The number of hydrogen-bond acceptors (Lipinski definition) is 2. The van der Waals surface area contributed by atoms with Crippen molar-refractivity contribution < 1.29 is 13.2 Å². The average molecular weight is 268 g/mol. The Morgan fingerprint density at radius 3 is 2.68 bits per heavy atom. The first-order valence-corrected chi connectivity index (χ1v) is 5.83. The Balaban J connectivity index is 2.51. The molecular weight excluding hydrogens is 255 g/mol. The largest absolute Gasteiger partial charge is 0.435 e. The van der Waals surface area contributed by atoms with Crippen molar-refractivity contribution in [3.8, 4) is 5.69 Å². The molecule has 0 amide bonds. The first-order chi connectivity index (χ1) is 8.95. The predicted molar refractivity (Wildman–Crippen MR) is 64.7 cm³/mol. The van der Waals surface area contributed by atoms with Gasteiger partial charge in [-0.15, -0.1) is 0 Å². The van der Waals surface area contributed by atoms with Gasteiger partial charge in [0.2, 0.25) is 0 Å². The highest BCUT2D eigenvalue weighted by Crippen LogP contribution is 2.29. The van der Waals surface area contributed by atoms with E-state index in [9.17, 15) is 13.2 Å². The Kier molecular flexibility index (Phi) is 3.61. The van der Waals surface area contributed by atoms with Gasteiger partial charge < -0.3 is 5.73 Å². The van der Waals surface area contributed by atoms with E-state index in [0.717, 1.165) is 11.6 Å². The predicted octanol–water partition coefficient (Wildman–Crippen LogP) is 2.71. The van der Waals surface area contributed by atoms with Crippen LogP contribution in [-0.2, 0) is 19.1 Å². The summed E-state index contributed by atoms with van der Waals surface area (Å²) in [5.74, 6) is 0. The highest BCUT2D eigenvalue weighted by atomic mass is 19.4. The molecule has 2 N–H and O–H groups in total. The average Bonchev–Trinajstić information content (AvgIpc) is 2.83. The maximum atomic E-state index is 12.7. The number of aryl methyl sites for hydroxylation is 1. The fourth-order valence-electron chi connectivity index (χ4n) is 1.79. The van der Waals surface area contributed by atoms with Crippen LogP contribution in [-0.4, -0.2) is 9.78 Å². The number of alkyl halides is 3. The Hall–Kier alpha value is -1.82. The fraction of sp³-hybridized carbons (Fsp3) is 0.308. The van der Waals surface area contributed by atoms with Crippen LogP contribution >= 0.6 is 0 Å². The van der Waals surface area contributed by atoms with Gasteiger partial charge in [0.05, 0.1) is 5.69 Å². The molecule has 1 aromatic heterocycles. The van der Waals surface area contributed by atoms with Crippen LogP contribution in [0.5, 0.6) is 0 Å². The van der Waals surface area contributed by atoms with Gasteiger partial charge in [-0.2, -0.15) is 18.3 Å². The highest BCUT2D eigenvalue weighted by Gasteiger charge is 2.34. The van der Waals surface area contributed by atoms with Gasteiger partial charge in [0, 0.05) is 12.2 Å². The van der Waals surface area contributed by atoms with E-state index >= 15 is 0 Å². The van der Waals surface area contributed by atoms with Crippen molar-refractivity contribution in [1.82, 2.24) is 9.78 Å². The lowest BCUT2D eigenvalue weighted by Gasteiger charge is -2.07. The van der Waals surface area contributed by atoms with E-state index < -0.39 is 11.9 Å². The van der Waals surface area contributed by atoms with Crippen LogP contribution in [0.15, 0.2) is 24.3 Å². The van der Waals surface area contributed by atoms with Crippen molar-refractivity contribution in [3.63, 3.8) is 0 Å². The van der Waals surface area contributed by atoms with Crippen LogP contribution in [0.3, 0.4) is 0 Å². The summed E-state index contributed by atoms with van der Waals surface area (Å²) in [5, 5.41) is 3.63. The highest BCUT2D eigenvalue weighted by molar-refractivity contribution is 5.37. The topological polar surface area (TPSA) is 43.8 Å². The summed E-state index contributed by atoms with van der Waals surface area (Å²) in [4.78, 5) is 0. The van der Waals surface area contributed by atoms with Gasteiger partial charge in [-0.25, -0.2) is 4.68 Å². The molecule has 0 aliphatic heterocycles. The van der Waals surface area contributed by atoms with Gasteiger partial charge in [-0.3, -0.25) is 0 Å². The molecule has 2 rings (SSSR count). The number of nitrogens with zero attached hydrogens (tertiary/aromatic N) is 2. The lowest BCUT2D eigenvalue weighted by molar-refractivity contribution is -0.141. The maximum absolute atomic E-state index is 12.7. The van der Waals surface area contributed by atoms with Crippen LogP contribution in [0, 0.1) is 6.07 Å². The SMILES string of the molecule is CCc1cc(C(F)(F)F)nn1-c1cc[c]c(CN)c1. The minimum atomic E-state index is -4.44. The molecule has 19 heavy (non-hydrogen) atoms. The number of rotatable bonds is 3. The lowest BCUT2D eigenvalue weighted by Crippen LogP contribution is -2.08. The Bertz CT molecular complexity index is 573. The molecule has 1 radical (unpaired) electrons. The van der Waals surface area contributed by atoms with Gasteiger partial charge in [0.15, 0.2) is 5.69 Å². The molecule has 0 aliphatic rings. The van der Waals surface area contributed by atoms with E-state index in [0.29, 0.717) is 17.8 Å². The molecule has 0 spiro atoms. The number of halogens is 3. The van der Waals surface area contributed by atoms with Crippen molar-refractivity contribution in [2.45, 2.75) is 26.1 Å². The van der Waals surface area contributed by atoms with Gasteiger partial charge in [0.1, 0.15) is 0 Å². The van der Waals surface area contributed by atoms with Crippen LogP contribution in [0.2, 0.25) is 0 Å². The molecule has 0 saturated heterocycles. The summed E-state index contributed by atoms with van der Waals surface area (Å²) in [6, 6.07) is 8.96. The molecule has 0 bridgehead atoms. The smallest absolute Gasteiger partial charge is 0.326 e. The maximum Gasteiger partial charge on any atom is 0.435 e. The third kappa shape index (κ3) is 2.78. The molecule has 1 aromatic carbocycles. The molecule has 0 aliphatic carbocycles. The van der Waals surface area contributed by atoms with Crippen LogP contribution in [0.1, 0.15) is 23.9 Å². The second-order valence-corrected chi connectivity index (χ2v) is 4.06. The first kappa shape index (κ1) is 13.6. The Morgan fingerprint density at radius 2 is 2.11 bits per heavy atom. The summed E-state index contributed by atoms with van der Waals surface area (Å²) < 4.78 is 39.3. The monoisotopic (exact) mass is 268 g/mol. The molecule has 0 atom stereocenters. The molecule has 0 unspecified atom stereocenters. The number of aromatic nitrogens is 2. The Morgan fingerprint density at radius 1 is 1.37 bits per heavy atom. The van der Waals surface area contributed by atoms with Crippen LogP contribution in [0.4, 0.5) is 13.2 Å². The summed E-state index contributed by atoms with van der Waals surface area (Å²) in [6.07, 6.45) is -3.98. The van der Waals surface area contributed by atoms with E-state index in [-0.39, 0.29) is 6.54 Å². The van der Waals surface area contributed by atoms with Crippen LogP contribution < -0.4 is 5.73 Å². The number of nitrogens with two attached hydrogens (primary N) is 1. The molecular formula is C13H13F3N3. The molecule has 0 saturated carbocycles. The molecule has 2 aromatic rings. The Labute approximate surface area is 108 Å². The van der Waals surface area contributed by atoms with Crippen molar-refractivity contribution in [2.75, 3.05) is 0 Å². The van der Waals surface area contributed by atoms with Crippen LogP contribution in [0.25, 0.3) is 5.69 Å². The first-order valence-electron chi connectivity index (χ1n) is 5.83. The third-order valence-corrected chi connectivity index (χ3v) is 2.75. The normalized spacial score (nSPS) is 11.8. The third-order valence-electron chi connectivity index (χ3n) is 2.75. The summed E-state index contributed by atoms with van der Waals surface area (Å²) in [7, 11) is 0. The van der Waals surface area contributed by atoms with Crippen molar-refractivity contribution in [1.29, 1.82) is 0 Å². The van der Waals surface area contributed by atoms with E-state index in [1.165, 1.54) is 4.68 Å². The lowest BCUT2D eigenvalue weighted by atomic mass is 10.2. The number of hydrogen-bond donors (Lipinski definition) is 1. The zero-order valence-electron chi connectivity index (χ0n) is 10.3. The van der Waals surface area contributed by atoms with Gasteiger partial charge in [0.25, 0.3) is 0 Å². The molecule has 6 heteroatoms.